The number of aryl methyl sites for hydroxylation is 1. The van der Waals surface area contributed by atoms with E-state index in [0.29, 0.717) is 10.6 Å². The number of fused-ring (bicyclic) bond motifs is 1. The standard InChI is InChI=1S/C19H18N2O3S/c1-21-17-14(23-2)10-11-15(24-3)18(17)25-19(21)20-16(22)12-9-13-7-5-4-6-8-13/h4-12H,1-3H3/b12-9+,20-19?. The minimum Gasteiger partial charge on any atom is -0.495 e. The van der Waals surface area contributed by atoms with Gasteiger partial charge < -0.3 is 14.0 Å². The molecule has 0 aliphatic rings. The first-order valence-corrected chi connectivity index (χ1v) is 8.48. The molecule has 3 rings (SSSR count). The number of benzene rings is 2. The Labute approximate surface area is 149 Å². The maximum absolute atomic E-state index is 12.2. The second-order valence-electron chi connectivity index (χ2n) is 5.29. The molecule has 0 spiro atoms. The van der Waals surface area contributed by atoms with Gasteiger partial charge in [0.05, 0.1) is 14.2 Å². The molecule has 0 unspecified atom stereocenters. The molecule has 0 saturated heterocycles. The highest BCUT2D eigenvalue weighted by molar-refractivity contribution is 7.16. The molecule has 6 heteroatoms. The van der Waals surface area contributed by atoms with Crippen molar-refractivity contribution in [2.24, 2.45) is 12.0 Å². The van der Waals surface area contributed by atoms with E-state index >= 15 is 0 Å². The van der Waals surface area contributed by atoms with E-state index in [0.717, 1.165) is 21.5 Å². The van der Waals surface area contributed by atoms with Gasteiger partial charge in [0.1, 0.15) is 21.7 Å². The molecule has 5 nitrogen and oxygen atoms in total. The summed E-state index contributed by atoms with van der Waals surface area (Å²) in [5, 5.41) is 0. The number of aromatic nitrogens is 1. The lowest BCUT2D eigenvalue weighted by Crippen LogP contribution is -2.12. The quantitative estimate of drug-likeness (QED) is 0.675. The third kappa shape index (κ3) is 3.49. The molecule has 1 heterocycles. The summed E-state index contributed by atoms with van der Waals surface area (Å²) in [5.41, 5.74) is 1.81. The molecule has 1 amide bonds. The Morgan fingerprint density at radius 1 is 1.08 bits per heavy atom. The van der Waals surface area contributed by atoms with Gasteiger partial charge in [-0.2, -0.15) is 4.99 Å². The summed E-state index contributed by atoms with van der Waals surface area (Å²) in [6.07, 6.45) is 3.22. The van der Waals surface area contributed by atoms with Crippen LogP contribution in [0.1, 0.15) is 5.56 Å². The number of carbonyl (C=O) groups is 1. The van der Waals surface area contributed by atoms with Gasteiger partial charge in [-0.15, -0.1) is 0 Å². The molecule has 0 aliphatic carbocycles. The summed E-state index contributed by atoms with van der Waals surface area (Å²) in [5.74, 6) is 1.12. The molecule has 0 atom stereocenters. The maximum atomic E-state index is 12.2. The van der Waals surface area contributed by atoms with Crippen molar-refractivity contribution in [1.82, 2.24) is 4.57 Å². The van der Waals surface area contributed by atoms with Crippen LogP contribution in [0.25, 0.3) is 16.3 Å². The van der Waals surface area contributed by atoms with E-state index in [9.17, 15) is 4.79 Å². The molecular formula is C19H18N2O3S. The van der Waals surface area contributed by atoms with Crippen molar-refractivity contribution < 1.29 is 14.3 Å². The van der Waals surface area contributed by atoms with Crippen molar-refractivity contribution in [1.29, 1.82) is 0 Å². The van der Waals surface area contributed by atoms with E-state index in [1.165, 1.54) is 17.4 Å². The minimum atomic E-state index is -0.316. The highest BCUT2D eigenvalue weighted by atomic mass is 32.1. The zero-order valence-electron chi connectivity index (χ0n) is 14.2. The fourth-order valence-electron chi connectivity index (χ4n) is 2.49. The Hall–Kier alpha value is -2.86. The Morgan fingerprint density at radius 2 is 1.76 bits per heavy atom. The van der Waals surface area contributed by atoms with Crippen molar-refractivity contribution in [2.45, 2.75) is 0 Å². The third-order valence-corrected chi connectivity index (χ3v) is 4.88. The van der Waals surface area contributed by atoms with Crippen LogP contribution >= 0.6 is 11.3 Å². The molecular weight excluding hydrogens is 336 g/mol. The highest BCUT2D eigenvalue weighted by Gasteiger charge is 2.13. The zero-order chi connectivity index (χ0) is 17.8. The normalized spacial score (nSPS) is 12.0. The Morgan fingerprint density at radius 3 is 2.44 bits per heavy atom. The molecule has 25 heavy (non-hydrogen) atoms. The first-order valence-electron chi connectivity index (χ1n) is 7.66. The van der Waals surface area contributed by atoms with E-state index in [4.69, 9.17) is 9.47 Å². The number of amides is 1. The number of methoxy groups -OCH3 is 2. The first kappa shape index (κ1) is 17.0. The van der Waals surface area contributed by atoms with Gasteiger partial charge in [0.15, 0.2) is 4.80 Å². The number of carbonyl (C=O) groups excluding carboxylic acids is 1. The van der Waals surface area contributed by atoms with Crippen molar-refractivity contribution >= 4 is 33.5 Å². The second-order valence-corrected chi connectivity index (χ2v) is 6.26. The number of hydrogen-bond acceptors (Lipinski definition) is 4. The summed E-state index contributed by atoms with van der Waals surface area (Å²) in [4.78, 5) is 17.0. The van der Waals surface area contributed by atoms with Gasteiger partial charge in [0.2, 0.25) is 0 Å². The van der Waals surface area contributed by atoms with Crippen molar-refractivity contribution in [3.8, 4) is 11.5 Å². The average Bonchev–Trinajstić information content (AvgIpc) is 2.97. The Kier molecular flexibility index (Phi) is 5.00. The summed E-state index contributed by atoms with van der Waals surface area (Å²) >= 11 is 1.39. The summed E-state index contributed by atoms with van der Waals surface area (Å²) in [6.45, 7) is 0. The van der Waals surface area contributed by atoms with Gasteiger partial charge in [-0.25, -0.2) is 0 Å². The second kappa shape index (κ2) is 7.36. The molecule has 0 fully saturated rings. The predicted molar refractivity (Wildman–Crippen MR) is 99.9 cm³/mol. The van der Waals surface area contributed by atoms with Crippen LogP contribution in [-0.2, 0) is 11.8 Å². The van der Waals surface area contributed by atoms with Crippen LogP contribution in [0.15, 0.2) is 53.5 Å². The minimum absolute atomic E-state index is 0.316. The predicted octanol–water partition coefficient (Wildman–Crippen LogP) is 3.40. The smallest absolute Gasteiger partial charge is 0.272 e. The van der Waals surface area contributed by atoms with Crippen LogP contribution in [0, 0.1) is 0 Å². The van der Waals surface area contributed by atoms with Crippen LogP contribution in [-0.4, -0.2) is 24.7 Å². The topological polar surface area (TPSA) is 52.8 Å². The van der Waals surface area contributed by atoms with Crippen LogP contribution < -0.4 is 14.3 Å². The van der Waals surface area contributed by atoms with Crippen molar-refractivity contribution in [3.05, 3.63) is 58.9 Å². The van der Waals surface area contributed by atoms with Gasteiger partial charge in [0, 0.05) is 13.1 Å². The molecule has 2 aromatic carbocycles. The Bertz CT molecular complexity index is 1000. The molecule has 0 bridgehead atoms. The van der Waals surface area contributed by atoms with Gasteiger partial charge in [-0.05, 0) is 23.8 Å². The Balaban J connectivity index is 2.03. The average molecular weight is 354 g/mol. The number of rotatable bonds is 4. The SMILES string of the molecule is COc1ccc(OC)c2c1sc(=NC(=O)/C=C/c1ccccc1)n2C. The van der Waals surface area contributed by atoms with Gasteiger partial charge >= 0.3 is 0 Å². The van der Waals surface area contributed by atoms with Crippen molar-refractivity contribution in [3.63, 3.8) is 0 Å². The van der Waals surface area contributed by atoms with E-state index in [2.05, 4.69) is 4.99 Å². The fraction of sp³-hybridized carbons (Fsp3) is 0.158. The molecule has 0 saturated carbocycles. The van der Waals surface area contributed by atoms with Crippen LogP contribution in [0.3, 0.4) is 0 Å². The molecule has 1 aromatic heterocycles. The number of ether oxygens (including phenoxy) is 2. The number of nitrogens with zero attached hydrogens (tertiary/aromatic N) is 2. The van der Waals surface area contributed by atoms with E-state index in [1.807, 2.05) is 54.1 Å². The number of hydrogen-bond donors (Lipinski definition) is 0. The van der Waals surface area contributed by atoms with E-state index in [-0.39, 0.29) is 5.91 Å². The van der Waals surface area contributed by atoms with Gasteiger partial charge in [-0.3, -0.25) is 4.79 Å². The van der Waals surface area contributed by atoms with E-state index in [1.54, 1.807) is 20.3 Å². The van der Waals surface area contributed by atoms with Crippen molar-refractivity contribution in [2.75, 3.05) is 14.2 Å². The lowest BCUT2D eigenvalue weighted by atomic mass is 10.2. The monoisotopic (exact) mass is 354 g/mol. The van der Waals surface area contributed by atoms with Crippen LogP contribution in [0.4, 0.5) is 0 Å². The third-order valence-electron chi connectivity index (χ3n) is 3.74. The molecule has 128 valence electrons. The van der Waals surface area contributed by atoms with Crippen LogP contribution in [0.5, 0.6) is 11.5 Å². The lowest BCUT2D eigenvalue weighted by Gasteiger charge is -2.06. The summed E-state index contributed by atoms with van der Waals surface area (Å²) in [7, 11) is 5.09. The van der Waals surface area contributed by atoms with Gasteiger partial charge in [-0.1, -0.05) is 41.7 Å². The molecule has 0 aliphatic heterocycles. The zero-order valence-corrected chi connectivity index (χ0v) is 15.0. The number of thiazole rings is 1. The molecule has 0 N–H and O–H groups in total. The lowest BCUT2D eigenvalue weighted by molar-refractivity contribution is -0.113. The van der Waals surface area contributed by atoms with Crippen LogP contribution in [0.2, 0.25) is 0 Å². The largest absolute Gasteiger partial charge is 0.495 e. The fourth-order valence-corrected chi connectivity index (χ4v) is 3.63. The van der Waals surface area contributed by atoms with E-state index < -0.39 is 0 Å². The highest BCUT2D eigenvalue weighted by Crippen LogP contribution is 2.34. The molecule has 0 radical (unpaired) electrons. The van der Waals surface area contributed by atoms with Gasteiger partial charge in [0.25, 0.3) is 5.91 Å². The summed E-state index contributed by atoms with van der Waals surface area (Å²) in [6, 6.07) is 13.3. The summed E-state index contributed by atoms with van der Waals surface area (Å²) < 4.78 is 13.6. The maximum Gasteiger partial charge on any atom is 0.272 e. The first-order chi connectivity index (χ1) is 12.1. The molecule has 3 aromatic rings.